The van der Waals surface area contributed by atoms with Crippen LogP contribution in [0.3, 0.4) is 0 Å². The molecule has 0 spiro atoms. The Labute approximate surface area is 182 Å². The summed E-state index contributed by atoms with van der Waals surface area (Å²) in [4.78, 5) is 24.7. The summed E-state index contributed by atoms with van der Waals surface area (Å²) in [7, 11) is 3.67. The van der Waals surface area contributed by atoms with E-state index in [2.05, 4.69) is 23.7 Å². The van der Waals surface area contributed by atoms with Crippen LogP contribution in [0.1, 0.15) is 37.7 Å². The normalized spacial score (nSPS) is 15.2. The Balaban J connectivity index is 1.61. The van der Waals surface area contributed by atoms with Crippen molar-refractivity contribution in [2.75, 3.05) is 31.3 Å². The molecule has 1 fully saturated rings. The Morgan fingerprint density at radius 3 is 2.61 bits per heavy atom. The average molecular weight is 428 g/mol. The summed E-state index contributed by atoms with van der Waals surface area (Å²) in [5.41, 5.74) is 2.02. The molecule has 2 aromatic rings. The minimum absolute atomic E-state index is 0.0165. The van der Waals surface area contributed by atoms with E-state index in [1.807, 2.05) is 18.2 Å². The first-order valence-electron chi connectivity index (χ1n) is 10.7. The summed E-state index contributed by atoms with van der Waals surface area (Å²) in [5.74, 6) is 0.0115. The van der Waals surface area contributed by atoms with Crippen LogP contribution in [-0.4, -0.2) is 37.6 Å². The molecule has 8 heteroatoms. The molecule has 1 unspecified atom stereocenters. The van der Waals surface area contributed by atoms with Crippen molar-refractivity contribution < 1.29 is 19.4 Å². The van der Waals surface area contributed by atoms with Crippen LogP contribution >= 0.6 is 0 Å². The highest BCUT2D eigenvalue weighted by atomic mass is 16.6. The van der Waals surface area contributed by atoms with Crippen molar-refractivity contribution in [2.45, 2.75) is 44.7 Å². The van der Waals surface area contributed by atoms with Crippen LogP contribution in [0, 0.1) is 10.1 Å². The molecule has 0 bridgehead atoms. The van der Waals surface area contributed by atoms with E-state index in [0.29, 0.717) is 11.8 Å². The minimum Gasteiger partial charge on any atom is -0.496 e. The van der Waals surface area contributed by atoms with Crippen LogP contribution in [0.2, 0.25) is 0 Å². The fourth-order valence-electron chi connectivity index (χ4n) is 4.15. The maximum atomic E-state index is 12.5. The number of nitro benzene ring substituents is 1. The topological polar surface area (TPSA) is 97.9 Å². The summed E-state index contributed by atoms with van der Waals surface area (Å²) in [5, 5.41) is 17.1. The lowest BCUT2D eigenvalue weighted by Gasteiger charge is -2.28. The van der Waals surface area contributed by atoms with E-state index < -0.39 is 4.92 Å². The quantitative estimate of drug-likeness (QED) is 0.422. The molecule has 166 valence electrons. The van der Waals surface area contributed by atoms with Gasteiger partial charge in [-0.15, -0.1) is 0 Å². The Morgan fingerprint density at radius 2 is 1.90 bits per heavy atom. The second-order valence-corrected chi connectivity index (χ2v) is 8.06. The van der Waals surface area contributed by atoms with Gasteiger partial charge in [-0.05, 0) is 43.9 Å². The maximum Gasteiger partial charge on any atom is 0.296 e. The third kappa shape index (κ3) is 6.18. The van der Waals surface area contributed by atoms with Gasteiger partial charge in [0.25, 0.3) is 5.69 Å². The molecule has 1 atom stereocenters. The van der Waals surface area contributed by atoms with Gasteiger partial charge < -0.3 is 20.3 Å². The molecule has 3 rings (SSSR count). The molecule has 1 amide bonds. The Bertz CT molecular complexity index is 912. The smallest absolute Gasteiger partial charge is 0.296 e. The Kier molecular flexibility index (Phi) is 7.83. The van der Waals surface area contributed by atoms with Gasteiger partial charge in [-0.25, -0.2) is 0 Å². The number of amides is 1. The molecular weight excluding hydrogens is 396 g/mol. The number of benzene rings is 2. The average Bonchev–Trinajstić information content (AvgIpc) is 2.79. The van der Waals surface area contributed by atoms with E-state index in [4.69, 9.17) is 4.74 Å². The molecule has 3 N–H and O–H groups in total. The fourth-order valence-corrected chi connectivity index (χ4v) is 4.15. The van der Waals surface area contributed by atoms with Gasteiger partial charge in [0.2, 0.25) is 5.91 Å². The maximum absolute atomic E-state index is 12.5. The second-order valence-electron chi connectivity index (χ2n) is 8.06. The van der Waals surface area contributed by atoms with E-state index >= 15 is 0 Å². The lowest BCUT2D eigenvalue weighted by Crippen LogP contribution is -3.11. The van der Waals surface area contributed by atoms with Gasteiger partial charge in [0.15, 0.2) is 0 Å². The van der Waals surface area contributed by atoms with Gasteiger partial charge in [-0.2, -0.15) is 0 Å². The number of ether oxygens (including phenoxy) is 1. The van der Waals surface area contributed by atoms with E-state index in [1.54, 1.807) is 6.07 Å². The van der Waals surface area contributed by atoms with Gasteiger partial charge in [0.1, 0.15) is 18.0 Å². The van der Waals surface area contributed by atoms with Crippen molar-refractivity contribution in [3.8, 4) is 5.75 Å². The number of hydrogen-bond acceptors (Lipinski definition) is 5. The van der Waals surface area contributed by atoms with Crippen LogP contribution in [-0.2, 0) is 11.3 Å². The van der Waals surface area contributed by atoms with Crippen LogP contribution in [0.25, 0.3) is 0 Å². The monoisotopic (exact) mass is 427 g/mol. The van der Waals surface area contributed by atoms with Gasteiger partial charge in [0, 0.05) is 11.3 Å². The van der Waals surface area contributed by atoms with Crippen LogP contribution in [0.5, 0.6) is 5.75 Å². The summed E-state index contributed by atoms with van der Waals surface area (Å²) < 4.78 is 5.03. The minimum atomic E-state index is -0.537. The molecule has 8 nitrogen and oxygen atoms in total. The number of nitrogens with zero attached hydrogens (tertiary/aromatic N) is 1. The zero-order valence-corrected chi connectivity index (χ0v) is 18.1. The second kappa shape index (κ2) is 10.8. The first-order chi connectivity index (χ1) is 15.0. The van der Waals surface area contributed by atoms with Gasteiger partial charge in [-0.1, -0.05) is 24.6 Å². The first kappa shape index (κ1) is 22.6. The van der Waals surface area contributed by atoms with Crippen molar-refractivity contribution in [1.29, 1.82) is 0 Å². The van der Waals surface area contributed by atoms with Gasteiger partial charge >= 0.3 is 0 Å². The molecule has 0 aliphatic heterocycles. The number of rotatable bonds is 9. The predicted molar refractivity (Wildman–Crippen MR) is 121 cm³/mol. The largest absolute Gasteiger partial charge is 0.496 e. The molecule has 0 saturated heterocycles. The Morgan fingerprint density at radius 1 is 1.16 bits per heavy atom. The predicted octanol–water partition coefficient (Wildman–Crippen LogP) is 3.00. The van der Waals surface area contributed by atoms with Crippen LogP contribution in [0.15, 0.2) is 42.5 Å². The lowest BCUT2D eigenvalue weighted by atomic mass is 9.94. The lowest BCUT2D eigenvalue weighted by molar-refractivity contribution is -0.921. The first-order valence-corrected chi connectivity index (χ1v) is 10.7. The number of anilines is 2. The van der Waals surface area contributed by atoms with E-state index in [1.165, 1.54) is 56.2 Å². The highest BCUT2D eigenvalue weighted by Crippen LogP contribution is 2.29. The summed E-state index contributed by atoms with van der Waals surface area (Å²) >= 11 is 0. The zero-order valence-electron chi connectivity index (χ0n) is 18.1. The van der Waals surface area contributed by atoms with E-state index in [0.717, 1.165) is 17.8 Å². The molecule has 1 aliphatic rings. The highest BCUT2D eigenvalue weighted by Gasteiger charge is 2.22. The molecule has 1 saturated carbocycles. The molecule has 0 heterocycles. The van der Waals surface area contributed by atoms with Crippen molar-refractivity contribution in [3.63, 3.8) is 0 Å². The van der Waals surface area contributed by atoms with Crippen molar-refractivity contribution in [2.24, 2.45) is 0 Å². The van der Waals surface area contributed by atoms with E-state index in [-0.39, 0.29) is 23.8 Å². The van der Waals surface area contributed by atoms with Crippen molar-refractivity contribution in [3.05, 3.63) is 58.1 Å². The highest BCUT2D eigenvalue weighted by molar-refractivity contribution is 5.96. The number of methoxy groups -OCH3 is 1. The van der Waals surface area contributed by atoms with Crippen molar-refractivity contribution >= 4 is 23.0 Å². The van der Waals surface area contributed by atoms with E-state index in [9.17, 15) is 14.9 Å². The number of nitro groups is 1. The van der Waals surface area contributed by atoms with Gasteiger partial charge in [-0.3, -0.25) is 14.9 Å². The number of carbonyl (C=O) groups is 1. The Hall–Kier alpha value is -3.13. The van der Waals surface area contributed by atoms with Crippen LogP contribution < -0.4 is 20.3 Å². The van der Waals surface area contributed by atoms with Crippen molar-refractivity contribution in [1.82, 2.24) is 0 Å². The molecule has 0 radical (unpaired) electrons. The van der Waals surface area contributed by atoms with Gasteiger partial charge in [0.05, 0.1) is 37.7 Å². The SMILES string of the molecule is COc1ccc(NC(=O)CNc2ccccc2C[NH+](C)C2CCCCC2)c([N+](=O)[O-])c1. The number of quaternary nitrogens is 1. The number of hydrogen-bond donors (Lipinski definition) is 3. The standard InChI is InChI=1S/C23H30N4O4/c1-26(18-9-4-3-5-10-18)16-17-8-6-7-11-20(17)24-15-23(28)25-21-13-12-19(31-2)14-22(21)27(29)30/h6-8,11-14,18,24H,3-5,9-10,15-16H2,1-2H3,(H,25,28)/p+1. The summed E-state index contributed by atoms with van der Waals surface area (Å²) in [6.07, 6.45) is 6.48. The molecule has 2 aromatic carbocycles. The molecule has 1 aliphatic carbocycles. The molecule has 31 heavy (non-hydrogen) atoms. The third-order valence-electron chi connectivity index (χ3n) is 5.90. The molecule has 0 aromatic heterocycles. The molecular formula is C23H31N4O4+. The third-order valence-corrected chi connectivity index (χ3v) is 5.90. The number of nitrogens with one attached hydrogen (secondary N) is 3. The van der Waals surface area contributed by atoms with Crippen LogP contribution in [0.4, 0.5) is 17.1 Å². The fraction of sp³-hybridized carbons (Fsp3) is 0.435. The number of carbonyl (C=O) groups excluding carboxylic acids is 1. The zero-order chi connectivity index (χ0) is 22.2. The number of para-hydroxylation sites is 1. The summed E-state index contributed by atoms with van der Waals surface area (Å²) in [6, 6.07) is 13.0. The summed E-state index contributed by atoms with van der Waals surface area (Å²) in [6.45, 7) is 0.905.